The Balaban J connectivity index is 1.24. The molecule has 31 heavy (non-hydrogen) atoms. The molecule has 0 saturated carbocycles. The van der Waals surface area contributed by atoms with Crippen LogP contribution >= 0.6 is 0 Å². The smallest absolute Gasteiger partial charge is 0.272 e. The quantitative estimate of drug-likeness (QED) is 0.549. The van der Waals surface area contributed by atoms with Crippen molar-refractivity contribution < 1.29 is 4.79 Å². The Labute approximate surface area is 179 Å². The lowest BCUT2D eigenvalue weighted by atomic mass is 10.2. The molecule has 5 rings (SSSR count). The molecule has 0 radical (unpaired) electrons. The third-order valence-corrected chi connectivity index (χ3v) is 5.37. The van der Waals surface area contributed by atoms with Gasteiger partial charge in [0, 0.05) is 38.6 Å². The van der Waals surface area contributed by atoms with Gasteiger partial charge in [0.15, 0.2) is 11.6 Å². The predicted molar refractivity (Wildman–Crippen MR) is 118 cm³/mol. The van der Waals surface area contributed by atoms with Crippen LogP contribution < -0.4 is 10.2 Å². The van der Waals surface area contributed by atoms with Gasteiger partial charge in [0.05, 0.1) is 5.69 Å². The van der Waals surface area contributed by atoms with E-state index in [1.807, 2.05) is 71.0 Å². The van der Waals surface area contributed by atoms with Crippen molar-refractivity contribution in [3.63, 3.8) is 0 Å². The van der Waals surface area contributed by atoms with Crippen LogP contribution in [0, 0.1) is 6.92 Å². The van der Waals surface area contributed by atoms with Crippen molar-refractivity contribution in [1.82, 2.24) is 29.5 Å². The fourth-order valence-electron chi connectivity index (χ4n) is 3.79. The molecule has 5 heterocycles. The Kier molecular flexibility index (Phi) is 4.91. The number of hydrogen-bond donors (Lipinski definition) is 1. The van der Waals surface area contributed by atoms with Crippen molar-refractivity contribution in [3.8, 4) is 0 Å². The highest BCUT2D eigenvalue weighted by Crippen LogP contribution is 2.19. The summed E-state index contributed by atoms with van der Waals surface area (Å²) in [5.74, 6) is 2.17. The number of aromatic nitrogens is 5. The van der Waals surface area contributed by atoms with Crippen molar-refractivity contribution in [1.29, 1.82) is 0 Å². The summed E-state index contributed by atoms with van der Waals surface area (Å²) in [6.07, 6.45) is 3.61. The molecule has 0 spiro atoms. The number of aryl methyl sites for hydroxylation is 1. The number of nitrogens with one attached hydrogen (secondary N) is 1. The highest BCUT2D eigenvalue weighted by Gasteiger charge is 2.26. The first-order chi connectivity index (χ1) is 15.2. The number of amides is 1. The van der Waals surface area contributed by atoms with Crippen molar-refractivity contribution in [2.75, 3.05) is 36.4 Å². The second kappa shape index (κ2) is 8.02. The lowest BCUT2D eigenvalue weighted by Crippen LogP contribution is -2.49. The third-order valence-electron chi connectivity index (χ3n) is 5.37. The van der Waals surface area contributed by atoms with Crippen molar-refractivity contribution >= 4 is 29.0 Å². The molecule has 1 saturated heterocycles. The van der Waals surface area contributed by atoms with Gasteiger partial charge in [0.1, 0.15) is 17.2 Å². The molecular formula is C22H22N8O. The molecular weight excluding hydrogens is 392 g/mol. The summed E-state index contributed by atoms with van der Waals surface area (Å²) < 4.78 is 1.86. The lowest BCUT2D eigenvalue weighted by Gasteiger charge is -2.35. The van der Waals surface area contributed by atoms with Crippen LogP contribution in [-0.2, 0) is 0 Å². The highest BCUT2D eigenvalue weighted by atomic mass is 16.2. The van der Waals surface area contributed by atoms with Crippen LogP contribution in [0.25, 0.3) is 5.65 Å². The Morgan fingerprint density at radius 3 is 2.52 bits per heavy atom. The number of carbonyl (C=O) groups is 1. The molecule has 0 atom stereocenters. The third kappa shape index (κ3) is 3.77. The highest BCUT2D eigenvalue weighted by molar-refractivity contribution is 5.94. The first-order valence-electron chi connectivity index (χ1n) is 10.2. The number of rotatable bonds is 4. The van der Waals surface area contributed by atoms with E-state index in [0.29, 0.717) is 37.7 Å². The number of piperazine rings is 1. The average Bonchev–Trinajstić information content (AvgIpc) is 3.15. The first-order valence-corrected chi connectivity index (χ1v) is 10.2. The summed E-state index contributed by atoms with van der Waals surface area (Å²) in [5, 5.41) is 11.7. The van der Waals surface area contributed by atoms with Crippen LogP contribution in [0.4, 0.5) is 17.5 Å². The molecule has 0 bridgehead atoms. The molecule has 9 heteroatoms. The fourth-order valence-corrected chi connectivity index (χ4v) is 3.79. The molecule has 0 aromatic carbocycles. The van der Waals surface area contributed by atoms with Gasteiger partial charge in [0.2, 0.25) is 0 Å². The summed E-state index contributed by atoms with van der Waals surface area (Å²) in [5.41, 5.74) is 2.17. The van der Waals surface area contributed by atoms with E-state index in [1.165, 1.54) is 0 Å². The molecule has 9 nitrogen and oxygen atoms in total. The fraction of sp³-hybridized carbons (Fsp3) is 0.227. The normalized spacial score (nSPS) is 14.1. The van der Waals surface area contributed by atoms with Gasteiger partial charge in [-0.2, -0.15) is 0 Å². The van der Waals surface area contributed by atoms with Crippen LogP contribution in [0.1, 0.15) is 16.2 Å². The minimum absolute atomic E-state index is 0.0110. The van der Waals surface area contributed by atoms with Gasteiger partial charge in [0.25, 0.3) is 5.91 Å². The van der Waals surface area contributed by atoms with Crippen LogP contribution in [0.2, 0.25) is 0 Å². The van der Waals surface area contributed by atoms with Crippen LogP contribution in [-0.4, -0.2) is 61.6 Å². The molecule has 1 fully saturated rings. The summed E-state index contributed by atoms with van der Waals surface area (Å²) >= 11 is 0. The van der Waals surface area contributed by atoms with Gasteiger partial charge in [-0.15, -0.1) is 10.2 Å². The van der Waals surface area contributed by atoms with Crippen LogP contribution in [0.5, 0.6) is 0 Å². The Bertz CT molecular complexity index is 1200. The number of imidazole rings is 1. The number of carbonyl (C=O) groups excluding carboxylic acids is 1. The topological polar surface area (TPSA) is 91.6 Å². The van der Waals surface area contributed by atoms with Crippen molar-refractivity contribution in [2.45, 2.75) is 6.92 Å². The zero-order chi connectivity index (χ0) is 21.2. The van der Waals surface area contributed by atoms with E-state index in [1.54, 1.807) is 6.20 Å². The second-order valence-corrected chi connectivity index (χ2v) is 7.37. The monoisotopic (exact) mass is 414 g/mol. The summed E-state index contributed by atoms with van der Waals surface area (Å²) in [4.78, 5) is 25.9. The van der Waals surface area contributed by atoms with Gasteiger partial charge in [-0.05, 0) is 43.3 Å². The van der Waals surface area contributed by atoms with Gasteiger partial charge in [-0.1, -0.05) is 12.1 Å². The van der Waals surface area contributed by atoms with E-state index in [2.05, 4.69) is 30.4 Å². The molecule has 4 aromatic heterocycles. The van der Waals surface area contributed by atoms with Gasteiger partial charge in [-0.3, -0.25) is 9.20 Å². The summed E-state index contributed by atoms with van der Waals surface area (Å²) in [6, 6.07) is 15.2. The van der Waals surface area contributed by atoms with Crippen molar-refractivity contribution in [3.05, 3.63) is 72.3 Å². The Morgan fingerprint density at radius 2 is 1.77 bits per heavy atom. The zero-order valence-electron chi connectivity index (χ0n) is 17.1. The molecule has 1 aliphatic heterocycles. The molecule has 1 N–H and O–H groups in total. The van der Waals surface area contributed by atoms with E-state index < -0.39 is 0 Å². The van der Waals surface area contributed by atoms with Crippen molar-refractivity contribution in [2.24, 2.45) is 0 Å². The maximum Gasteiger partial charge on any atom is 0.272 e. The second-order valence-electron chi connectivity index (χ2n) is 7.37. The lowest BCUT2D eigenvalue weighted by molar-refractivity contribution is 0.0738. The summed E-state index contributed by atoms with van der Waals surface area (Å²) in [6.45, 7) is 4.51. The molecule has 0 aliphatic carbocycles. The van der Waals surface area contributed by atoms with Gasteiger partial charge >= 0.3 is 0 Å². The summed E-state index contributed by atoms with van der Waals surface area (Å²) in [7, 11) is 0. The molecule has 0 unspecified atom stereocenters. The van der Waals surface area contributed by atoms with Gasteiger partial charge in [-0.25, -0.2) is 9.97 Å². The number of anilines is 3. The van der Waals surface area contributed by atoms with E-state index in [-0.39, 0.29) is 5.91 Å². The van der Waals surface area contributed by atoms with E-state index >= 15 is 0 Å². The number of pyridine rings is 2. The predicted octanol–water partition coefficient (Wildman–Crippen LogP) is 2.53. The van der Waals surface area contributed by atoms with E-state index in [9.17, 15) is 4.79 Å². The average molecular weight is 414 g/mol. The zero-order valence-corrected chi connectivity index (χ0v) is 17.1. The van der Waals surface area contributed by atoms with E-state index in [4.69, 9.17) is 0 Å². The minimum atomic E-state index is 0.0110. The largest absolute Gasteiger partial charge is 0.352 e. The first kappa shape index (κ1) is 19.0. The number of fused-ring (bicyclic) bond motifs is 1. The molecule has 4 aromatic rings. The number of hydrogen-bond acceptors (Lipinski definition) is 7. The van der Waals surface area contributed by atoms with E-state index in [0.717, 1.165) is 23.0 Å². The maximum atomic E-state index is 13.2. The van der Waals surface area contributed by atoms with Crippen LogP contribution in [0.15, 0.2) is 60.9 Å². The Hall–Kier alpha value is -4.01. The minimum Gasteiger partial charge on any atom is -0.352 e. The SMILES string of the molecule is Cc1nc2ccccn2c1C(=O)N1CCN(c2ccc(Nc3ccccn3)nn2)CC1. The van der Waals surface area contributed by atoms with Crippen LogP contribution in [0.3, 0.4) is 0 Å². The molecule has 1 amide bonds. The molecule has 156 valence electrons. The number of nitrogens with zero attached hydrogens (tertiary/aromatic N) is 7. The Morgan fingerprint density at radius 1 is 0.935 bits per heavy atom. The van der Waals surface area contributed by atoms with Gasteiger partial charge < -0.3 is 15.1 Å². The molecule has 1 aliphatic rings. The standard InChI is InChI=1S/C22H22N8O/c1-16-21(30-11-5-3-7-19(30)24-16)22(31)29-14-12-28(13-15-29)20-9-8-18(26-27-20)25-17-6-2-4-10-23-17/h2-11H,12-15H2,1H3,(H,23,25,26). The maximum absolute atomic E-state index is 13.2.